The van der Waals surface area contributed by atoms with Gasteiger partial charge in [0.1, 0.15) is 6.04 Å². The molecule has 0 aromatic carbocycles. The number of carbonyl (C=O) groups excluding carboxylic acids is 1. The van der Waals surface area contributed by atoms with Crippen LogP contribution in [-0.4, -0.2) is 34.9 Å². The summed E-state index contributed by atoms with van der Waals surface area (Å²) in [5.74, 6) is -0.653. The van der Waals surface area contributed by atoms with Gasteiger partial charge >= 0.3 is 0 Å². The Labute approximate surface area is 65.4 Å². The van der Waals surface area contributed by atoms with Gasteiger partial charge in [0.05, 0.1) is 5.60 Å². The van der Waals surface area contributed by atoms with Gasteiger partial charge in [0, 0.05) is 0 Å². The normalized spacial score (nSPS) is 14.3. The van der Waals surface area contributed by atoms with Crippen LogP contribution in [0, 0.1) is 0 Å². The van der Waals surface area contributed by atoms with Crippen LogP contribution in [0.3, 0.4) is 0 Å². The number of hydrogen-bond acceptors (Lipinski definition) is 4. The lowest BCUT2D eigenvalue weighted by molar-refractivity contribution is -0.136. The highest BCUT2D eigenvalue weighted by Gasteiger charge is 2.31. The summed E-state index contributed by atoms with van der Waals surface area (Å²) in [4.78, 5) is 10.8. The highest BCUT2D eigenvalue weighted by Crippen LogP contribution is 2.07. The van der Waals surface area contributed by atoms with E-state index in [2.05, 4.69) is 5.32 Å². The van der Waals surface area contributed by atoms with Gasteiger partial charge in [0.2, 0.25) is 0 Å². The van der Waals surface area contributed by atoms with Crippen LogP contribution in [-0.2, 0) is 4.79 Å². The van der Waals surface area contributed by atoms with Gasteiger partial charge in [-0.15, -0.1) is 0 Å². The van der Waals surface area contributed by atoms with Crippen molar-refractivity contribution < 1.29 is 15.1 Å². The molecule has 0 aliphatic carbocycles. The molecule has 1 atom stereocenters. The van der Waals surface area contributed by atoms with Crippen LogP contribution in [0.5, 0.6) is 0 Å². The molecule has 0 aliphatic rings. The second-order valence-corrected chi connectivity index (χ2v) is 2.85. The first-order valence-corrected chi connectivity index (χ1v) is 3.27. The Balaban J connectivity index is 4.29. The summed E-state index contributed by atoms with van der Waals surface area (Å²) in [6.45, 7) is 2.95. The van der Waals surface area contributed by atoms with Gasteiger partial charge in [0.25, 0.3) is 5.91 Å². The van der Waals surface area contributed by atoms with E-state index >= 15 is 0 Å². The molecule has 0 rings (SSSR count). The molecule has 11 heavy (non-hydrogen) atoms. The van der Waals surface area contributed by atoms with Crippen LogP contribution in [0.15, 0.2) is 0 Å². The summed E-state index contributed by atoms with van der Waals surface area (Å²) in [7, 11) is 1.53. The first kappa shape index (κ1) is 10.3. The molecule has 5 heteroatoms. The summed E-state index contributed by atoms with van der Waals surface area (Å²) < 4.78 is 0. The third-order valence-corrected chi connectivity index (χ3v) is 1.37. The van der Waals surface area contributed by atoms with Gasteiger partial charge in [-0.25, -0.2) is 5.48 Å². The van der Waals surface area contributed by atoms with Crippen LogP contribution in [0.25, 0.3) is 0 Å². The maximum atomic E-state index is 10.8. The maximum absolute atomic E-state index is 10.8. The fourth-order valence-electron chi connectivity index (χ4n) is 0.870. The van der Waals surface area contributed by atoms with E-state index in [0.29, 0.717) is 0 Å². The Morgan fingerprint density at radius 3 is 2.09 bits per heavy atom. The Morgan fingerprint density at radius 2 is 2.00 bits per heavy atom. The van der Waals surface area contributed by atoms with Crippen LogP contribution in [0.1, 0.15) is 13.8 Å². The highest BCUT2D eigenvalue weighted by atomic mass is 16.5. The topological polar surface area (TPSA) is 81.6 Å². The average Bonchev–Trinajstić information content (AvgIpc) is 1.86. The van der Waals surface area contributed by atoms with Crippen molar-refractivity contribution in [3.05, 3.63) is 0 Å². The van der Waals surface area contributed by atoms with E-state index in [1.165, 1.54) is 26.4 Å². The molecule has 0 aliphatic heterocycles. The number of carbonyl (C=O) groups is 1. The van der Waals surface area contributed by atoms with Gasteiger partial charge in [-0.1, -0.05) is 0 Å². The molecule has 0 radical (unpaired) electrons. The van der Waals surface area contributed by atoms with E-state index in [1.807, 2.05) is 0 Å². The van der Waals surface area contributed by atoms with Crippen molar-refractivity contribution in [2.75, 3.05) is 7.05 Å². The van der Waals surface area contributed by atoms with Gasteiger partial charge in [-0.3, -0.25) is 10.0 Å². The van der Waals surface area contributed by atoms with Crippen molar-refractivity contribution in [3.63, 3.8) is 0 Å². The van der Waals surface area contributed by atoms with Crippen molar-refractivity contribution in [2.45, 2.75) is 25.5 Å². The molecule has 0 fully saturated rings. The molecule has 0 aromatic rings. The van der Waals surface area contributed by atoms with Crippen LogP contribution >= 0.6 is 0 Å². The smallest absolute Gasteiger partial charge is 0.263 e. The molecule has 0 saturated heterocycles. The van der Waals surface area contributed by atoms with E-state index in [-0.39, 0.29) is 0 Å². The molecule has 0 aromatic heterocycles. The van der Waals surface area contributed by atoms with Gasteiger partial charge in [-0.2, -0.15) is 0 Å². The summed E-state index contributed by atoms with van der Waals surface area (Å²) in [5, 5.41) is 20.2. The Hall–Kier alpha value is -0.650. The lowest BCUT2D eigenvalue weighted by atomic mass is 9.99. The van der Waals surface area contributed by atoms with Gasteiger partial charge in [0.15, 0.2) is 0 Å². The summed E-state index contributed by atoms with van der Waals surface area (Å²) in [6.07, 6.45) is 0. The minimum Gasteiger partial charge on any atom is -0.388 e. The van der Waals surface area contributed by atoms with Gasteiger partial charge in [-0.05, 0) is 20.9 Å². The maximum Gasteiger partial charge on any atom is 0.263 e. The standard InChI is InChI=1S/C6H14N2O3/c1-6(2,10)4(7-3)5(9)8-11/h4,7,10-11H,1-3H3,(H,8,9). The molecule has 1 unspecified atom stereocenters. The van der Waals surface area contributed by atoms with E-state index in [9.17, 15) is 9.90 Å². The van der Waals surface area contributed by atoms with Crippen LogP contribution in [0.2, 0.25) is 0 Å². The van der Waals surface area contributed by atoms with Crippen molar-refractivity contribution in [1.29, 1.82) is 0 Å². The number of likely N-dealkylation sites (N-methyl/N-ethyl adjacent to an activating group) is 1. The Morgan fingerprint density at radius 1 is 1.55 bits per heavy atom. The first-order chi connectivity index (χ1) is 4.93. The number of nitrogens with one attached hydrogen (secondary N) is 2. The van der Waals surface area contributed by atoms with Crippen LogP contribution in [0.4, 0.5) is 0 Å². The zero-order chi connectivity index (χ0) is 9.07. The predicted octanol–water partition coefficient (Wildman–Crippen LogP) is -1.15. The fraction of sp³-hybridized carbons (Fsp3) is 0.833. The molecule has 0 heterocycles. The van der Waals surface area contributed by atoms with Crippen molar-refractivity contribution in [3.8, 4) is 0 Å². The second kappa shape index (κ2) is 3.66. The van der Waals surface area contributed by atoms with E-state index in [1.54, 1.807) is 0 Å². The van der Waals surface area contributed by atoms with E-state index < -0.39 is 17.6 Å². The molecule has 0 bridgehead atoms. The molecule has 4 N–H and O–H groups in total. The number of hydroxylamine groups is 1. The molecule has 66 valence electrons. The van der Waals surface area contributed by atoms with E-state index in [4.69, 9.17) is 5.21 Å². The summed E-state index contributed by atoms with van der Waals surface area (Å²) >= 11 is 0. The number of aliphatic hydroxyl groups is 1. The Bertz CT molecular complexity index is 141. The average molecular weight is 162 g/mol. The lowest BCUT2D eigenvalue weighted by Gasteiger charge is -2.26. The zero-order valence-corrected chi connectivity index (χ0v) is 6.88. The monoisotopic (exact) mass is 162 g/mol. The van der Waals surface area contributed by atoms with Crippen molar-refractivity contribution in [2.24, 2.45) is 0 Å². The number of amides is 1. The van der Waals surface area contributed by atoms with Crippen molar-refractivity contribution >= 4 is 5.91 Å². The number of rotatable bonds is 3. The van der Waals surface area contributed by atoms with Crippen LogP contribution < -0.4 is 10.8 Å². The minimum absolute atomic E-state index is 0.653. The number of hydrogen-bond donors (Lipinski definition) is 4. The second-order valence-electron chi connectivity index (χ2n) is 2.85. The SMILES string of the molecule is CNC(C(=O)NO)C(C)(C)O. The third kappa shape index (κ3) is 2.83. The van der Waals surface area contributed by atoms with Gasteiger partial charge < -0.3 is 10.4 Å². The first-order valence-electron chi connectivity index (χ1n) is 3.27. The quantitative estimate of drug-likeness (QED) is 0.312. The fourth-order valence-corrected chi connectivity index (χ4v) is 0.870. The summed E-state index contributed by atoms with van der Waals surface area (Å²) in [6, 6.07) is -0.813. The predicted molar refractivity (Wildman–Crippen MR) is 39.1 cm³/mol. The summed E-state index contributed by atoms with van der Waals surface area (Å²) in [5.41, 5.74) is 0.268. The molecular weight excluding hydrogens is 148 g/mol. The van der Waals surface area contributed by atoms with Crippen molar-refractivity contribution in [1.82, 2.24) is 10.8 Å². The molecule has 0 spiro atoms. The molecular formula is C6H14N2O3. The third-order valence-electron chi connectivity index (χ3n) is 1.37. The molecule has 0 saturated carbocycles. The van der Waals surface area contributed by atoms with E-state index in [0.717, 1.165) is 0 Å². The highest BCUT2D eigenvalue weighted by molar-refractivity contribution is 5.81. The largest absolute Gasteiger partial charge is 0.388 e. The zero-order valence-electron chi connectivity index (χ0n) is 6.88. The molecule has 5 nitrogen and oxygen atoms in total. The minimum atomic E-state index is -1.19. The lowest BCUT2D eigenvalue weighted by Crippen LogP contribution is -2.54. The Kier molecular flexibility index (Phi) is 3.44. The molecule has 1 amide bonds.